The van der Waals surface area contributed by atoms with E-state index in [0.29, 0.717) is 28.0 Å². The molecule has 138 valence electrons. The zero-order valence-electron chi connectivity index (χ0n) is 14.6. The van der Waals surface area contributed by atoms with E-state index in [1.165, 1.54) is 18.4 Å². The number of amidine groups is 1. The third-order valence-corrected chi connectivity index (χ3v) is 6.44. The van der Waals surface area contributed by atoms with Crippen molar-refractivity contribution in [1.82, 2.24) is 4.90 Å². The molecule has 0 bridgehead atoms. The zero-order valence-corrected chi connectivity index (χ0v) is 17.7. The fraction of sp³-hybridized carbons (Fsp3) is 0.333. The molecule has 1 aromatic heterocycles. The van der Waals surface area contributed by atoms with E-state index >= 15 is 0 Å². The number of rotatable bonds is 4. The molecule has 0 N–H and O–H groups in total. The standard InChI is InChI=1S/C18H18Cl2N2O2S2/c1-18(2)10-22(9-12-5-7-15(20)25-12)17(26-18)21-16(23)13-8-11(19)4-6-14(13)24-3/h4-8H,9-10H2,1-3H3/b21-17-. The van der Waals surface area contributed by atoms with Gasteiger partial charge in [0.05, 0.1) is 23.6 Å². The predicted octanol–water partition coefficient (Wildman–Crippen LogP) is 5.59. The van der Waals surface area contributed by atoms with Crippen molar-refractivity contribution in [2.45, 2.75) is 25.1 Å². The number of carbonyl (C=O) groups is 1. The van der Waals surface area contributed by atoms with E-state index in [-0.39, 0.29) is 10.7 Å². The Morgan fingerprint density at radius 3 is 2.73 bits per heavy atom. The molecule has 1 amide bonds. The fourth-order valence-electron chi connectivity index (χ4n) is 2.71. The molecular formula is C18H18Cl2N2O2S2. The highest BCUT2D eigenvalue weighted by molar-refractivity contribution is 8.15. The van der Waals surface area contributed by atoms with Gasteiger partial charge in [-0.2, -0.15) is 4.99 Å². The summed E-state index contributed by atoms with van der Waals surface area (Å²) in [6.45, 7) is 5.75. The number of hydrogen-bond donors (Lipinski definition) is 0. The molecule has 2 heterocycles. The molecule has 0 aliphatic carbocycles. The van der Waals surface area contributed by atoms with E-state index in [1.54, 1.807) is 30.0 Å². The van der Waals surface area contributed by atoms with Gasteiger partial charge >= 0.3 is 0 Å². The maximum Gasteiger partial charge on any atom is 0.283 e. The Morgan fingerprint density at radius 1 is 1.31 bits per heavy atom. The van der Waals surface area contributed by atoms with Crippen molar-refractivity contribution in [2.75, 3.05) is 13.7 Å². The molecular weight excluding hydrogens is 411 g/mol. The number of thiophene rings is 1. The molecule has 26 heavy (non-hydrogen) atoms. The van der Waals surface area contributed by atoms with E-state index in [4.69, 9.17) is 27.9 Å². The van der Waals surface area contributed by atoms with Crippen LogP contribution in [0.5, 0.6) is 5.75 Å². The smallest absolute Gasteiger partial charge is 0.283 e. The first kappa shape index (κ1) is 19.5. The van der Waals surface area contributed by atoms with Gasteiger partial charge in [-0.05, 0) is 44.2 Å². The van der Waals surface area contributed by atoms with Crippen LogP contribution in [-0.2, 0) is 6.54 Å². The first-order chi connectivity index (χ1) is 12.3. The molecule has 0 unspecified atom stereocenters. The molecule has 0 radical (unpaired) electrons. The number of ether oxygens (including phenoxy) is 1. The summed E-state index contributed by atoms with van der Waals surface area (Å²) in [6, 6.07) is 8.83. The fourth-order valence-corrected chi connectivity index (χ4v) is 5.08. The quantitative estimate of drug-likeness (QED) is 0.636. The molecule has 1 aliphatic rings. The van der Waals surface area contributed by atoms with Crippen LogP contribution in [0.2, 0.25) is 9.36 Å². The van der Waals surface area contributed by atoms with Crippen molar-refractivity contribution >= 4 is 57.4 Å². The molecule has 4 nitrogen and oxygen atoms in total. The molecule has 1 aliphatic heterocycles. The highest BCUT2D eigenvalue weighted by Gasteiger charge is 2.36. The Hall–Kier alpha value is -1.21. The summed E-state index contributed by atoms with van der Waals surface area (Å²) in [5.41, 5.74) is 0.358. The summed E-state index contributed by atoms with van der Waals surface area (Å²) in [5.74, 6) is 0.0985. The number of halogens is 2. The predicted molar refractivity (Wildman–Crippen MR) is 111 cm³/mol. The van der Waals surface area contributed by atoms with E-state index < -0.39 is 0 Å². The molecule has 2 aromatic rings. The summed E-state index contributed by atoms with van der Waals surface area (Å²) in [6.07, 6.45) is 0. The molecule has 1 fully saturated rings. The van der Waals surface area contributed by atoms with Crippen molar-refractivity contribution in [3.05, 3.63) is 50.1 Å². The largest absolute Gasteiger partial charge is 0.496 e. The summed E-state index contributed by atoms with van der Waals surface area (Å²) in [7, 11) is 1.52. The van der Waals surface area contributed by atoms with Gasteiger partial charge in [-0.15, -0.1) is 11.3 Å². The number of aliphatic imine (C=N–C) groups is 1. The average molecular weight is 429 g/mol. The average Bonchev–Trinajstić information content (AvgIpc) is 3.09. The van der Waals surface area contributed by atoms with E-state index in [9.17, 15) is 4.79 Å². The number of benzene rings is 1. The minimum Gasteiger partial charge on any atom is -0.496 e. The summed E-state index contributed by atoms with van der Waals surface area (Å²) < 4.78 is 5.99. The zero-order chi connectivity index (χ0) is 18.9. The van der Waals surface area contributed by atoms with Gasteiger partial charge in [0.15, 0.2) is 5.17 Å². The maximum absolute atomic E-state index is 12.8. The Labute approximate surface area is 171 Å². The first-order valence-corrected chi connectivity index (χ1v) is 10.3. The lowest BCUT2D eigenvalue weighted by molar-refractivity contribution is 0.0998. The van der Waals surface area contributed by atoms with Crippen molar-refractivity contribution in [3.63, 3.8) is 0 Å². The van der Waals surface area contributed by atoms with Crippen LogP contribution in [0.15, 0.2) is 35.3 Å². The van der Waals surface area contributed by atoms with E-state index in [1.807, 2.05) is 12.1 Å². The molecule has 1 saturated heterocycles. The Bertz CT molecular complexity index is 865. The lowest BCUT2D eigenvalue weighted by Gasteiger charge is -2.18. The SMILES string of the molecule is COc1ccc(Cl)cc1C(=O)/N=C1\SC(C)(C)CN1Cc1ccc(Cl)s1. The number of nitrogens with zero attached hydrogens (tertiary/aromatic N) is 2. The normalized spacial score (nSPS) is 17.7. The van der Waals surface area contributed by atoms with Crippen LogP contribution in [0.1, 0.15) is 29.1 Å². The molecule has 3 rings (SSSR count). The summed E-state index contributed by atoms with van der Waals surface area (Å²) >= 11 is 15.2. The highest BCUT2D eigenvalue weighted by atomic mass is 35.5. The minimum absolute atomic E-state index is 0.0292. The second kappa shape index (κ2) is 7.80. The number of amides is 1. The lowest BCUT2D eigenvalue weighted by Crippen LogP contribution is -2.28. The van der Waals surface area contributed by atoms with Gasteiger partial charge in [-0.3, -0.25) is 4.79 Å². The van der Waals surface area contributed by atoms with Gasteiger partial charge in [-0.1, -0.05) is 35.0 Å². The number of methoxy groups -OCH3 is 1. The van der Waals surface area contributed by atoms with Crippen LogP contribution in [0, 0.1) is 0 Å². The molecule has 0 atom stereocenters. The van der Waals surface area contributed by atoms with Crippen LogP contribution < -0.4 is 4.74 Å². The third-order valence-electron chi connectivity index (χ3n) is 3.77. The summed E-state index contributed by atoms with van der Waals surface area (Å²) in [5, 5.41) is 1.17. The minimum atomic E-state index is -0.362. The van der Waals surface area contributed by atoms with Crippen molar-refractivity contribution in [1.29, 1.82) is 0 Å². The van der Waals surface area contributed by atoms with Crippen molar-refractivity contribution in [2.24, 2.45) is 4.99 Å². The Balaban J connectivity index is 1.89. The monoisotopic (exact) mass is 428 g/mol. The second-order valence-electron chi connectivity index (χ2n) is 6.47. The Morgan fingerprint density at radius 2 is 2.08 bits per heavy atom. The van der Waals surface area contributed by atoms with Crippen LogP contribution >= 0.6 is 46.3 Å². The van der Waals surface area contributed by atoms with Gasteiger partial charge < -0.3 is 9.64 Å². The Kier molecular flexibility index (Phi) is 5.87. The number of hydrogen-bond acceptors (Lipinski definition) is 4. The molecule has 0 saturated carbocycles. The van der Waals surface area contributed by atoms with Crippen LogP contribution in [-0.4, -0.2) is 34.4 Å². The number of thioether (sulfide) groups is 1. The van der Waals surface area contributed by atoms with Gasteiger partial charge in [-0.25, -0.2) is 0 Å². The van der Waals surface area contributed by atoms with Gasteiger partial charge in [0.1, 0.15) is 5.75 Å². The van der Waals surface area contributed by atoms with Crippen LogP contribution in [0.4, 0.5) is 0 Å². The van der Waals surface area contributed by atoms with E-state index in [0.717, 1.165) is 15.8 Å². The van der Waals surface area contributed by atoms with Gasteiger partial charge in [0.25, 0.3) is 5.91 Å². The highest BCUT2D eigenvalue weighted by Crippen LogP contribution is 2.37. The van der Waals surface area contributed by atoms with Crippen LogP contribution in [0.25, 0.3) is 0 Å². The van der Waals surface area contributed by atoms with Gasteiger partial charge in [0.2, 0.25) is 0 Å². The molecule has 8 heteroatoms. The number of carbonyl (C=O) groups excluding carboxylic acids is 1. The van der Waals surface area contributed by atoms with Crippen molar-refractivity contribution in [3.8, 4) is 5.75 Å². The van der Waals surface area contributed by atoms with Crippen molar-refractivity contribution < 1.29 is 9.53 Å². The van der Waals surface area contributed by atoms with E-state index in [2.05, 4.69) is 23.7 Å². The first-order valence-electron chi connectivity index (χ1n) is 7.92. The maximum atomic E-state index is 12.8. The van der Waals surface area contributed by atoms with Gasteiger partial charge in [0, 0.05) is 21.2 Å². The third kappa shape index (κ3) is 4.55. The topological polar surface area (TPSA) is 41.9 Å². The molecule has 1 aromatic carbocycles. The summed E-state index contributed by atoms with van der Waals surface area (Å²) in [4.78, 5) is 20.4. The van der Waals surface area contributed by atoms with Crippen LogP contribution in [0.3, 0.4) is 0 Å². The second-order valence-corrected chi connectivity index (χ2v) is 10.4. The molecule has 0 spiro atoms. The lowest BCUT2D eigenvalue weighted by atomic mass is 10.2.